The Bertz CT molecular complexity index is 486. The number of benzene rings is 1. The van der Waals surface area contributed by atoms with Gasteiger partial charge < -0.3 is 20.2 Å². The van der Waals surface area contributed by atoms with Crippen molar-refractivity contribution < 1.29 is 24.9 Å². The zero-order valence-electron chi connectivity index (χ0n) is 10.8. The largest absolute Gasteiger partial charge is 0.504 e. The maximum atomic E-state index is 12.1. The van der Waals surface area contributed by atoms with Crippen molar-refractivity contribution in [1.29, 1.82) is 0 Å². The first-order chi connectivity index (χ1) is 8.86. The van der Waals surface area contributed by atoms with Crippen LogP contribution in [0.3, 0.4) is 0 Å². The highest BCUT2D eigenvalue weighted by atomic mass is 16.4. The molecule has 0 bridgehead atoms. The van der Waals surface area contributed by atoms with Crippen LogP contribution in [0.5, 0.6) is 11.5 Å². The van der Waals surface area contributed by atoms with Gasteiger partial charge in [-0.3, -0.25) is 9.59 Å². The fourth-order valence-electron chi connectivity index (χ4n) is 1.60. The highest BCUT2D eigenvalue weighted by Gasteiger charge is 2.21. The Kier molecular flexibility index (Phi) is 4.74. The first-order valence-corrected chi connectivity index (χ1v) is 5.90. The van der Waals surface area contributed by atoms with E-state index in [0.717, 1.165) is 6.07 Å². The maximum absolute atomic E-state index is 12.1. The molecule has 0 spiro atoms. The quantitative estimate of drug-likeness (QED) is 0.698. The lowest BCUT2D eigenvalue weighted by Gasteiger charge is -2.23. The number of rotatable bonds is 5. The molecular weight excluding hydrogens is 250 g/mol. The number of phenols is 2. The fourth-order valence-corrected chi connectivity index (χ4v) is 1.60. The summed E-state index contributed by atoms with van der Waals surface area (Å²) in [4.78, 5) is 24.3. The molecular formula is C13H17NO5. The summed E-state index contributed by atoms with van der Waals surface area (Å²) in [6.07, 6.45) is 0. The molecule has 0 aromatic heterocycles. The lowest BCUT2D eigenvalue weighted by Crippen LogP contribution is -2.36. The van der Waals surface area contributed by atoms with Crippen LogP contribution in [0.2, 0.25) is 0 Å². The van der Waals surface area contributed by atoms with Gasteiger partial charge in [-0.05, 0) is 25.1 Å². The smallest absolute Gasteiger partial charge is 0.308 e. The maximum Gasteiger partial charge on any atom is 0.308 e. The van der Waals surface area contributed by atoms with E-state index >= 15 is 0 Å². The minimum Gasteiger partial charge on any atom is -0.504 e. The second-order valence-electron chi connectivity index (χ2n) is 4.29. The van der Waals surface area contributed by atoms with Crippen molar-refractivity contribution in [3.05, 3.63) is 23.8 Å². The molecule has 0 saturated carbocycles. The Morgan fingerprint density at radius 2 is 1.89 bits per heavy atom. The number of hydrogen-bond acceptors (Lipinski definition) is 4. The van der Waals surface area contributed by atoms with E-state index in [1.807, 2.05) is 0 Å². The average Bonchev–Trinajstić information content (AvgIpc) is 2.37. The predicted octanol–water partition coefficient (Wildman–Crippen LogP) is 1.28. The van der Waals surface area contributed by atoms with E-state index in [9.17, 15) is 19.8 Å². The Morgan fingerprint density at radius 1 is 1.26 bits per heavy atom. The molecule has 0 fully saturated rings. The average molecular weight is 267 g/mol. The van der Waals surface area contributed by atoms with E-state index in [2.05, 4.69) is 0 Å². The second-order valence-corrected chi connectivity index (χ2v) is 4.29. The van der Waals surface area contributed by atoms with Crippen LogP contribution in [0.4, 0.5) is 0 Å². The Labute approximate surface area is 110 Å². The van der Waals surface area contributed by atoms with E-state index in [0.29, 0.717) is 6.54 Å². The molecule has 1 atom stereocenters. The van der Waals surface area contributed by atoms with Crippen LogP contribution in [0.25, 0.3) is 0 Å². The van der Waals surface area contributed by atoms with Gasteiger partial charge in [-0.25, -0.2) is 0 Å². The Morgan fingerprint density at radius 3 is 2.37 bits per heavy atom. The third-order valence-electron chi connectivity index (χ3n) is 2.81. The first kappa shape index (κ1) is 14.8. The standard InChI is InChI=1S/C13H17NO5/c1-3-14(7-8(2)13(18)19)12(17)9-4-5-10(15)11(16)6-9/h4-6,8,15-16H,3,7H2,1-2H3,(H,18,19). The van der Waals surface area contributed by atoms with Gasteiger partial charge in [0.25, 0.3) is 5.91 Å². The van der Waals surface area contributed by atoms with Crippen molar-refractivity contribution in [1.82, 2.24) is 4.90 Å². The third kappa shape index (κ3) is 3.61. The van der Waals surface area contributed by atoms with Crippen molar-refractivity contribution in [2.24, 2.45) is 5.92 Å². The summed E-state index contributed by atoms with van der Waals surface area (Å²) >= 11 is 0. The lowest BCUT2D eigenvalue weighted by molar-refractivity contribution is -0.141. The highest BCUT2D eigenvalue weighted by molar-refractivity contribution is 5.95. The van der Waals surface area contributed by atoms with E-state index in [1.54, 1.807) is 6.92 Å². The molecule has 1 aromatic rings. The van der Waals surface area contributed by atoms with Crippen LogP contribution in [0, 0.1) is 5.92 Å². The molecule has 6 heteroatoms. The molecule has 1 amide bonds. The minimum absolute atomic E-state index is 0.0896. The van der Waals surface area contributed by atoms with Gasteiger partial charge in [-0.1, -0.05) is 6.92 Å². The topological polar surface area (TPSA) is 98.1 Å². The fraction of sp³-hybridized carbons (Fsp3) is 0.385. The van der Waals surface area contributed by atoms with Crippen LogP contribution in [-0.2, 0) is 4.79 Å². The zero-order chi connectivity index (χ0) is 14.6. The van der Waals surface area contributed by atoms with Crippen LogP contribution in [0.15, 0.2) is 18.2 Å². The number of carboxylic acids is 1. The van der Waals surface area contributed by atoms with Crippen LogP contribution >= 0.6 is 0 Å². The van der Waals surface area contributed by atoms with Gasteiger partial charge in [0.15, 0.2) is 11.5 Å². The first-order valence-electron chi connectivity index (χ1n) is 5.90. The van der Waals surface area contributed by atoms with Crippen LogP contribution in [0.1, 0.15) is 24.2 Å². The molecule has 0 saturated heterocycles. The number of amides is 1. The van der Waals surface area contributed by atoms with E-state index < -0.39 is 11.9 Å². The summed E-state index contributed by atoms with van der Waals surface area (Å²) in [5.41, 5.74) is 0.203. The molecule has 0 aliphatic carbocycles. The van der Waals surface area contributed by atoms with Crippen LogP contribution < -0.4 is 0 Å². The molecule has 1 aromatic carbocycles. The van der Waals surface area contributed by atoms with Gasteiger partial charge in [0, 0.05) is 18.7 Å². The van der Waals surface area contributed by atoms with Gasteiger partial charge >= 0.3 is 5.97 Å². The second kappa shape index (κ2) is 6.08. The molecule has 1 unspecified atom stereocenters. The molecule has 0 radical (unpaired) electrons. The number of phenolic OH excluding ortho intramolecular Hbond substituents is 2. The molecule has 0 heterocycles. The molecule has 3 N–H and O–H groups in total. The Hall–Kier alpha value is -2.24. The number of aromatic hydroxyl groups is 2. The zero-order valence-corrected chi connectivity index (χ0v) is 10.8. The summed E-state index contributed by atoms with van der Waals surface area (Å²) in [6.45, 7) is 3.71. The number of carbonyl (C=O) groups excluding carboxylic acids is 1. The van der Waals surface area contributed by atoms with Gasteiger partial charge in [-0.15, -0.1) is 0 Å². The van der Waals surface area contributed by atoms with Crippen LogP contribution in [-0.4, -0.2) is 45.2 Å². The Balaban J connectivity index is 2.89. The molecule has 0 aliphatic heterocycles. The van der Waals surface area contributed by atoms with E-state index in [-0.39, 0.29) is 29.5 Å². The van der Waals surface area contributed by atoms with Crippen molar-refractivity contribution in [3.63, 3.8) is 0 Å². The number of hydrogen-bond donors (Lipinski definition) is 3. The predicted molar refractivity (Wildman–Crippen MR) is 68.1 cm³/mol. The van der Waals surface area contributed by atoms with Crippen molar-refractivity contribution in [2.75, 3.05) is 13.1 Å². The monoisotopic (exact) mass is 267 g/mol. The normalized spacial score (nSPS) is 11.9. The summed E-state index contributed by atoms with van der Waals surface area (Å²) in [5, 5.41) is 27.4. The minimum atomic E-state index is -0.972. The summed E-state index contributed by atoms with van der Waals surface area (Å²) in [6, 6.07) is 3.76. The van der Waals surface area contributed by atoms with Crippen molar-refractivity contribution in [2.45, 2.75) is 13.8 Å². The number of aliphatic carboxylic acids is 1. The van der Waals surface area contributed by atoms with Crippen molar-refractivity contribution in [3.8, 4) is 11.5 Å². The summed E-state index contributed by atoms with van der Waals surface area (Å²) in [7, 11) is 0. The lowest BCUT2D eigenvalue weighted by atomic mass is 10.1. The van der Waals surface area contributed by atoms with E-state index in [1.165, 1.54) is 24.0 Å². The number of nitrogens with zero attached hydrogens (tertiary/aromatic N) is 1. The molecule has 104 valence electrons. The third-order valence-corrected chi connectivity index (χ3v) is 2.81. The van der Waals surface area contributed by atoms with E-state index in [4.69, 9.17) is 5.11 Å². The SMILES string of the molecule is CCN(CC(C)C(=O)O)C(=O)c1ccc(O)c(O)c1. The molecule has 1 rings (SSSR count). The number of carboxylic acid groups (broad SMARTS) is 1. The summed E-state index contributed by atoms with van der Waals surface area (Å²) in [5.74, 6) is -2.72. The molecule has 19 heavy (non-hydrogen) atoms. The van der Waals surface area contributed by atoms with Gasteiger partial charge in [0.05, 0.1) is 5.92 Å². The summed E-state index contributed by atoms with van der Waals surface area (Å²) < 4.78 is 0. The van der Waals surface area contributed by atoms with Crippen molar-refractivity contribution >= 4 is 11.9 Å². The van der Waals surface area contributed by atoms with Gasteiger partial charge in [0.2, 0.25) is 0 Å². The number of carbonyl (C=O) groups is 2. The molecule has 0 aliphatic rings. The van der Waals surface area contributed by atoms with Gasteiger partial charge in [-0.2, -0.15) is 0 Å². The molecule has 6 nitrogen and oxygen atoms in total. The highest BCUT2D eigenvalue weighted by Crippen LogP contribution is 2.25. The van der Waals surface area contributed by atoms with Gasteiger partial charge in [0.1, 0.15) is 0 Å².